The van der Waals surface area contributed by atoms with Gasteiger partial charge in [-0.15, -0.1) is 0 Å². The Hall–Kier alpha value is -1.43. The molecule has 1 fully saturated rings. The quantitative estimate of drug-likeness (QED) is 0.692. The van der Waals surface area contributed by atoms with Crippen LogP contribution < -0.4 is 5.32 Å². The summed E-state index contributed by atoms with van der Waals surface area (Å²) in [6.07, 6.45) is 4.47. The summed E-state index contributed by atoms with van der Waals surface area (Å²) >= 11 is 9.36. The number of anilines is 1. The number of hydrogen-bond acceptors (Lipinski definition) is 3. The molecule has 1 aromatic carbocycles. The Morgan fingerprint density at radius 1 is 1.27 bits per heavy atom. The molecule has 6 heteroatoms. The number of piperidine rings is 1. The highest BCUT2D eigenvalue weighted by molar-refractivity contribution is 9.10. The Kier molecular flexibility index (Phi) is 6.68. The zero-order valence-corrected chi connectivity index (χ0v) is 17.1. The van der Waals surface area contributed by atoms with Gasteiger partial charge in [-0.05, 0) is 78.1 Å². The Labute approximate surface area is 168 Å². The summed E-state index contributed by atoms with van der Waals surface area (Å²) in [7, 11) is 0. The summed E-state index contributed by atoms with van der Waals surface area (Å²) in [5.41, 5.74) is 1.29. The van der Waals surface area contributed by atoms with Gasteiger partial charge in [0.15, 0.2) is 0 Å². The number of amides is 1. The second-order valence-corrected chi connectivity index (χ2v) is 7.99. The molecule has 1 atom stereocenters. The maximum atomic E-state index is 12.5. The maximum Gasteiger partial charge on any atom is 0.228 e. The summed E-state index contributed by atoms with van der Waals surface area (Å²) in [6.45, 7) is 4.05. The molecule has 2 aromatic rings. The van der Waals surface area contributed by atoms with Gasteiger partial charge in [0.2, 0.25) is 5.91 Å². The number of likely N-dealkylation sites (tertiary alicyclic amines) is 1. The number of carbonyl (C=O) groups excluding carboxylic acids is 1. The van der Waals surface area contributed by atoms with Gasteiger partial charge in [-0.1, -0.05) is 30.7 Å². The number of rotatable bonds is 5. The standard InChI is InChI=1S/C20H23BrClN3O/c1-2-18(14-3-6-17(22)7-4-14)25-11-9-15(10-12-25)20(26)24-19-8-5-16(21)13-23-19/h3-8,13,15,18H,2,9-12H2,1H3,(H,23,24,26). The van der Waals surface area contributed by atoms with Crippen LogP contribution in [-0.2, 0) is 4.79 Å². The molecule has 0 radical (unpaired) electrons. The average Bonchev–Trinajstić information content (AvgIpc) is 2.66. The fraction of sp³-hybridized carbons (Fsp3) is 0.400. The lowest BCUT2D eigenvalue weighted by Crippen LogP contribution is -2.40. The van der Waals surface area contributed by atoms with E-state index in [2.05, 4.69) is 50.2 Å². The van der Waals surface area contributed by atoms with E-state index < -0.39 is 0 Å². The van der Waals surface area contributed by atoms with Crippen molar-refractivity contribution >= 4 is 39.3 Å². The normalized spacial score (nSPS) is 17.0. The highest BCUT2D eigenvalue weighted by Crippen LogP contribution is 2.30. The first-order chi connectivity index (χ1) is 12.6. The van der Waals surface area contributed by atoms with Crippen molar-refractivity contribution in [2.24, 2.45) is 5.92 Å². The number of aromatic nitrogens is 1. The number of hydrogen-bond donors (Lipinski definition) is 1. The van der Waals surface area contributed by atoms with E-state index in [9.17, 15) is 4.79 Å². The number of nitrogens with one attached hydrogen (secondary N) is 1. The van der Waals surface area contributed by atoms with Gasteiger partial charge >= 0.3 is 0 Å². The first-order valence-corrected chi connectivity index (χ1v) is 10.2. The molecule has 4 nitrogen and oxygen atoms in total. The van der Waals surface area contributed by atoms with E-state index in [1.807, 2.05) is 24.3 Å². The van der Waals surface area contributed by atoms with Gasteiger partial charge in [-0.2, -0.15) is 0 Å². The van der Waals surface area contributed by atoms with E-state index in [4.69, 9.17) is 11.6 Å². The first kappa shape index (κ1) is 19.3. The van der Waals surface area contributed by atoms with Crippen LogP contribution in [0.25, 0.3) is 0 Å². The highest BCUT2D eigenvalue weighted by Gasteiger charge is 2.28. The topological polar surface area (TPSA) is 45.2 Å². The zero-order chi connectivity index (χ0) is 18.5. The summed E-state index contributed by atoms with van der Waals surface area (Å²) in [5, 5.41) is 3.70. The van der Waals surface area contributed by atoms with E-state index in [1.54, 1.807) is 6.20 Å². The van der Waals surface area contributed by atoms with Crippen LogP contribution in [0.15, 0.2) is 47.1 Å². The number of carbonyl (C=O) groups is 1. The summed E-state index contributed by atoms with van der Waals surface area (Å²) < 4.78 is 0.900. The Morgan fingerprint density at radius 3 is 2.54 bits per heavy atom. The van der Waals surface area contributed by atoms with Crippen LogP contribution in [0.2, 0.25) is 5.02 Å². The number of halogens is 2. The van der Waals surface area contributed by atoms with Crippen molar-refractivity contribution in [3.63, 3.8) is 0 Å². The third kappa shape index (κ3) is 4.84. The van der Waals surface area contributed by atoms with Crippen LogP contribution in [0.3, 0.4) is 0 Å². The van der Waals surface area contributed by atoms with Crippen molar-refractivity contribution in [1.82, 2.24) is 9.88 Å². The molecule has 26 heavy (non-hydrogen) atoms. The minimum atomic E-state index is 0.0411. The molecular weight excluding hydrogens is 414 g/mol. The predicted molar refractivity (Wildman–Crippen MR) is 109 cm³/mol. The third-order valence-electron chi connectivity index (χ3n) is 4.96. The molecule has 1 amide bonds. The van der Waals surface area contributed by atoms with Gasteiger partial charge in [0.25, 0.3) is 0 Å². The molecule has 1 aliphatic rings. The molecule has 0 aliphatic carbocycles. The van der Waals surface area contributed by atoms with Crippen LogP contribution in [0.4, 0.5) is 5.82 Å². The summed E-state index contributed by atoms with van der Waals surface area (Å²) in [6, 6.07) is 12.2. The zero-order valence-electron chi connectivity index (χ0n) is 14.8. The van der Waals surface area contributed by atoms with Crippen molar-refractivity contribution < 1.29 is 4.79 Å². The fourth-order valence-electron chi connectivity index (χ4n) is 3.54. The lowest BCUT2D eigenvalue weighted by molar-refractivity contribution is -0.121. The molecule has 0 spiro atoms. The van der Waals surface area contributed by atoms with Gasteiger partial charge in [0.1, 0.15) is 5.82 Å². The maximum absolute atomic E-state index is 12.5. The van der Waals surface area contributed by atoms with E-state index in [-0.39, 0.29) is 11.8 Å². The Morgan fingerprint density at radius 2 is 1.96 bits per heavy atom. The van der Waals surface area contributed by atoms with Gasteiger partial charge in [-0.25, -0.2) is 4.98 Å². The van der Waals surface area contributed by atoms with Gasteiger partial charge in [0, 0.05) is 27.7 Å². The molecular formula is C20H23BrClN3O. The summed E-state index contributed by atoms with van der Waals surface area (Å²) in [5.74, 6) is 0.715. The van der Waals surface area contributed by atoms with Crippen LogP contribution in [0, 0.1) is 5.92 Å². The molecule has 1 aliphatic heterocycles. The number of nitrogens with zero attached hydrogens (tertiary/aromatic N) is 2. The average molecular weight is 437 g/mol. The van der Waals surface area contributed by atoms with Gasteiger partial charge in [0.05, 0.1) is 0 Å². The largest absolute Gasteiger partial charge is 0.310 e. The molecule has 3 rings (SSSR count). The molecule has 0 bridgehead atoms. The van der Waals surface area contributed by atoms with Gasteiger partial charge < -0.3 is 5.32 Å². The number of benzene rings is 1. The second kappa shape index (κ2) is 8.98. The molecule has 138 valence electrons. The van der Waals surface area contributed by atoms with E-state index in [0.717, 1.165) is 41.8 Å². The highest BCUT2D eigenvalue weighted by atomic mass is 79.9. The molecule has 0 saturated carbocycles. The summed E-state index contributed by atoms with van der Waals surface area (Å²) in [4.78, 5) is 19.2. The van der Waals surface area contributed by atoms with Crippen molar-refractivity contribution in [2.75, 3.05) is 18.4 Å². The van der Waals surface area contributed by atoms with Crippen LogP contribution in [0.1, 0.15) is 37.8 Å². The van der Waals surface area contributed by atoms with Crippen molar-refractivity contribution in [3.05, 3.63) is 57.7 Å². The van der Waals surface area contributed by atoms with Crippen molar-refractivity contribution in [3.8, 4) is 0 Å². The molecule has 1 N–H and O–H groups in total. The third-order valence-corrected chi connectivity index (χ3v) is 5.68. The minimum absolute atomic E-state index is 0.0411. The Bertz CT molecular complexity index is 728. The van der Waals surface area contributed by atoms with Gasteiger partial charge in [-0.3, -0.25) is 9.69 Å². The van der Waals surface area contributed by atoms with Crippen LogP contribution in [-0.4, -0.2) is 28.9 Å². The molecule has 2 heterocycles. The second-order valence-electron chi connectivity index (χ2n) is 6.64. The van der Waals surface area contributed by atoms with Crippen molar-refractivity contribution in [2.45, 2.75) is 32.2 Å². The first-order valence-electron chi connectivity index (χ1n) is 8.98. The number of pyridine rings is 1. The SMILES string of the molecule is CCC(c1ccc(Cl)cc1)N1CCC(C(=O)Nc2ccc(Br)cn2)CC1. The van der Waals surface area contributed by atoms with Crippen LogP contribution in [0.5, 0.6) is 0 Å². The van der Waals surface area contributed by atoms with Crippen LogP contribution >= 0.6 is 27.5 Å². The molecule has 1 saturated heterocycles. The fourth-order valence-corrected chi connectivity index (χ4v) is 3.90. The lowest BCUT2D eigenvalue weighted by atomic mass is 9.92. The molecule has 1 aromatic heterocycles. The smallest absolute Gasteiger partial charge is 0.228 e. The lowest BCUT2D eigenvalue weighted by Gasteiger charge is -2.37. The molecule has 1 unspecified atom stereocenters. The predicted octanol–water partition coefficient (Wildman–Crippen LogP) is 5.30. The van der Waals surface area contributed by atoms with E-state index in [0.29, 0.717) is 11.9 Å². The monoisotopic (exact) mass is 435 g/mol. The minimum Gasteiger partial charge on any atom is -0.310 e. The van der Waals surface area contributed by atoms with E-state index in [1.165, 1.54) is 5.56 Å². The Balaban J connectivity index is 1.56. The van der Waals surface area contributed by atoms with Crippen molar-refractivity contribution in [1.29, 1.82) is 0 Å². The van der Waals surface area contributed by atoms with E-state index >= 15 is 0 Å².